The molecule has 6 heteroatoms. The molecule has 0 unspecified atom stereocenters. The van der Waals surface area contributed by atoms with Gasteiger partial charge in [0.15, 0.2) is 0 Å². The smallest absolute Gasteiger partial charge is 0.306 e. The Kier molecular flexibility index (Phi) is 21.1. The summed E-state index contributed by atoms with van der Waals surface area (Å²) in [6.45, 7) is 27.0. The topological polar surface area (TPSA) is 51.2 Å². The van der Waals surface area contributed by atoms with Gasteiger partial charge in [0.05, 0.1) is 6.10 Å². The molecule has 2 heterocycles. The van der Waals surface area contributed by atoms with E-state index in [4.69, 9.17) is 14.2 Å². The third-order valence-electron chi connectivity index (χ3n) is 11.9. The fourth-order valence-corrected chi connectivity index (χ4v) is 9.59. The van der Waals surface area contributed by atoms with Crippen LogP contribution >= 0.6 is 0 Å². The highest BCUT2D eigenvalue weighted by Crippen LogP contribution is 2.41. The number of nitrogens with zero attached hydrogens (tertiary/aromatic N) is 2. The van der Waals surface area contributed by atoms with Crippen LogP contribution in [0.2, 0.25) is 0 Å². The maximum Gasteiger partial charge on any atom is 0.306 e. The van der Waals surface area contributed by atoms with Crippen LogP contribution in [0.5, 0.6) is 0 Å². The van der Waals surface area contributed by atoms with E-state index in [2.05, 4.69) is 79.0 Å². The first-order valence-electron chi connectivity index (χ1n) is 21.6. The summed E-state index contributed by atoms with van der Waals surface area (Å²) in [6, 6.07) is 0. The molecule has 0 aromatic carbocycles. The molecule has 296 valence electrons. The summed E-state index contributed by atoms with van der Waals surface area (Å²) in [5.74, 6) is -0.00497. The molecule has 2 fully saturated rings. The lowest BCUT2D eigenvalue weighted by molar-refractivity contribution is -0.160. The van der Waals surface area contributed by atoms with Gasteiger partial charge in [-0.1, -0.05) is 104 Å². The SMILES string of the molecule is CCCCCCCCN1C(C)(C)CC(OCOCCCCCCCCC(=O)OC2CC(C)(C)N(CCCCCCCC)C(C)(C)C2)CC1(C)C. The van der Waals surface area contributed by atoms with Crippen LogP contribution in [-0.4, -0.2) is 76.6 Å². The van der Waals surface area contributed by atoms with Gasteiger partial charge in [-0.15, -0.1) is 0 Å². The van der Waals surface area contributed by atoms with Crippen molar-refractivity contribution in [2.24, 2.45) is 0 Å². The predicted octanol–water partition coefficient (Wildman–Crippen LogP) is 12.0. The maximum atomic E-state index is 12.8. The molecule has 0 atom stereocenters. The molecule has 0 N–H and O–H groups in total. The molecule has 0 bridgehead atoms. The fraction of sp³-hybridized carbons (Fsp3) is 0.977. The van der Waals surface area contributed by atoms with E-state index in [1.807, 2.05) is 0 Å². The van der Waals surface area contributed by atoms with Gasteiger partial charge < -0.3 is 14.2 Å². The van der Waals surface area contributed by atoms with E-state index < -0.39 is 0 Å². The number of carbonyl (C=O) groups is 1. The van der Waals surface area contributed by atoms with Crippen LogP contribution in [-0.2, 0) is 19.0 Å². The van der Waals surface area contributed by atoms with Gasteiger partial charge in [-0.3, -0.25) is 14.6 Å². The molecule has 50 heavy (non-hydrogen) atoms. The molecule has 0 aliphatic carbocycles. The minimum Gasteiger partial charge on any atom is -0.462 e. The fourth-order valence-electron chi connectivity index (χ4n) is 9.59. The van der Waals surface area contributed by atoms with Crippen LogP contribution in [0.3, 0.4) is 0 Å². The van der Waals surface area contributed by atoms with Crippen molar-refractivity contribution in [1.82, 2.24) is 9.80 Å². The standard InChI is InChI=1S/C44H86N2O4/c1-11-13-15-17-22-26-30-45-41(3,4)33-38(34-42(45,5)6)49-37-48-32-28-24-20-19-21-25-29-40(47)50-39-35-43(7,8)46(44(9,10)36-39)31-27-23-18-16-14-12-2/h38-39H,11-37H2,1-10H3. The van der Waals surface area contributed by atoms with E-state index in [9.17, 15) is 4.79 Å². The molecule has 2 aliphatic heterocycles. The molecule has 0 aromatic rings. The van der Waals surface area contributed by atoms with E-state index in [1.165, 1.54) is 103 Å². The summed E-state index contributed by atoms with van der Waals surface area (Å²) in [6.07, 6.45) is 27.5. The number of ether oxygens (including phenoxy) is 3. The molecule has 0 aromatic heterocycles. The van der Waals surface area contributed by atoms with E-state index >= 15 is 0 Å². The quantitative estimate of drug-likeness (QED) is 0.0481. The number of likely N-dealkylation sites (tertiary alicyclic amines) is 2. The zero-order chi connectivity index (χ0) is 37.1. The minimum absolute atomic E-state index is 0.00497. The van der Waals surface area contributed by atoms with Crippen LogP contribution < -0.4 is 0 Å². The van der Waals surface area contributed by atoms with Gasteiger partial charge in [-0.05, 0) is 107 Å². The molecular formula is C44H86N2O4. The van der Waals surface area contributed by atoms with Crippen LogP contribution in [0.4, 0.5) is 0 Å². The number of unbranched alkanes of at least 4 members (excludes halogenated alkanes) is 15. The van der Waals surface area contributed by atoms with Gasteiger partial charge in [0.25, 0.3) is 0 Å². The largest absolute Gasteiger partial charge is 0.462 e. The summed E-state index contributed by atoms with van der Waals surface area (Å²) in [5, 5.41) is 0. The van der Waals surface area contributed by atoms with Gasteiger partial charge >= 0.3 is 5.97 Å². The second-order valence-electron chi connectivity index (χ2n) is 18.7. The minimum atomic E-state index is -0.00497. The Morgan fingerprint density at radius 3 is 1.36 bits per heavy atom. The molecule has 6 nitrogen and oxygen atoms in total. The number of carbonyl (C=O) groups excluding carboxylic acids is 1. The van der Waals surface area contributed by atoms with Crippen molar-refractivity contribution in [2.75, 3.05) is 26.5 Å². The predicted molar refractivity (Wildman–Crippen MR) is 213 cm³/mol. The number of esters is 1. The zero-order valence-corrected chi connectivity index (χ0v) is 35.3. The lowest BCUT2D eigenvalue weighted by Gasteiger charge is -2.55. The summed E-state index contributed by atoms with van der Waals surface area (Å²) in [7, 11) is 0. The van der Waals surface area contributed by atoms with Gasteiger partial charge in [-0.2, -0.15) is 0 Å². The third kappa shape index (κ3) is 17.0. The lowest BCUT2D eigenvalue weighted by atomic mass is 9.78. The van der Waals surface area contributed by atoms with Gasteiger partial charge in [0, 0.05) is 48.0 Å². The van der Waals surface area contributed by atoms with Crippen LogP contribution in [0, 0.1) is 0 Å². The van der Waals surface area contributed by atoms with Crippen molar-refractivity contribution >= 4 is 5.97 Å². The van der Waals surface area contributed by atoms with Crippen LogP contribution in [0.25, 0.3) is 0 Å². The number of hydrogen-bond donors (Lipinski definition) is 0. The highest BCUT2D eigenvalue weighted by Gasteiger charge is 2.46. The summed E-state index contributed by atoms with van der Waals surface area (Å²) >= 11 is 0. The second-order valence-corrected chi connectivity index (χ2v) is 18.7. The molecule has 0 spiro atoms. The highest BCUT2D eigenvalue weighted by atomic mass is 16.7. The second kappa shape index (κ2) is 23.2. The summed E-state index contributed by atoms with van der Waals surface area (Å²) < 4.78 is 18.3. The molecular weight excluding hydrogens is 620 g/mol. The van der Waals surface area contributed by atoms with Crippen molar-refractivity contribution in [2.45, 2.75) is 251 Å². The van der Waals surface area contributed by atoms with Gasteiger partial charge in [0.2, 0.25) is 0 Å². The normalized spacial score (nSPS) is 21.1. The van der Waals surface area contributed by atoms with Gasteiger partial charge in [0.1, 0.15) is 12.9 Å². The summed E-state index contributed by atoms with van der Waals surface area (Å²) in [4.78, 5) is 18.2. The molecule has 2 rings (SSSR count). The monoisotopic (exact) mass is 707 g/mol. The van der Waals surface area contributed by atoms with Crippen molar-refractivity contribution in [3.05, 3.63) is 0 Å². The Balaban J connectivity index is 1.52. The Hall–Kier alpha value is -0.690. The van der Waals surface area contributed by atoms with Crippen molar-refractivity contribution in [1.29, 1.82) is 0 Å². The van der Waals surface area contributed by atoms with Crippen LogP contribution in [0.1, 0.15) is 217 Å². The van der Waals surface area contributed by atoms with E-state index in [0.29, 0.717) is 13.2 Å². The van der Waals surface area contributed by atoms with Crippen molar-refractivity contribution < 1.29 is 19.0 Å². The molecule has 0 amide bonds. The average Bonchev–Trinajstić information content (AvgIpc) is 3.00. The average molecular weight is 707 g/mol. The maximum absolute atomic E-state index is 12.8. The number of rotatable bonds is 27. The van der Waals surface area contributed by atoms with Crippen LogP contribution in [0.15, 0.2) is 0 Å². The van der Waals surface area contributed by atoms with Gasteiger partial charge in [-0.25, -0.2) is 0 Å². The Labute approximate surface area is 311 Å². The van der Waals surface area contributed by atoms with Crippen molar-refractivity contribution in [3.8, 4) is 0 Å². The molecule has 2 aliphatic rings. The highest BCUT2D eigenvalue weighted by molar-refractivity contribution is 5.69. The van der Waals surface area contributed by atoms with E-state index in [0.717, 1.165) is 58.1 Å². The van der Waals surface area contributed by atoms with E-state index in [-0.39, 0.29) is 40.3 Å². The molecule has 2 saturated heterocycles. The van der Waals surface area contributed by atoms with E-state index in [1.54, 1.807) is 0 Å². The zero-order valence-electron chi connectivity index (χ0n) is 35.3. The Bertz CT molecular complexity index is 864. The molecule has 0 saturated carbocycles. The summed E-state index contributed by atoms with van der Waals surface area (Å²) in [5.41, 5.74) is 0.379. The van der Waals surface area contributed by atoms with Crippen molar-refractivity contribution in [3.63, 3.8) is 0 Å². The third-order valence-corrected chi connectivity index (χ3v) is 11.9. The Morgan fingerprint density at radius 2 is 0.900 bits per heavy atom. The lowest BCUT2D eigenvalue weighted by Crippen LogP contribution is -2.62. The first kappa shape index (κ1) is 45.5. The first-order valence-corrected chi connectivity index (χ1v) is 21.6. The molecule has 0 radical (unpaired) electrons. The number of piperidine rings is 2. The Morgan fingerprint density at radius 1 is 0.520 bits per heavy atom. The first-order chi connectivity index (χ1) is 23.6. The number of hydrogen-bond acceptors (Lipinski definition) is 6.